The van der Waals surface area contributed by atoms with Crippen molar-refractivity contribution in [2.24, 2.45) is 0 Å². The summed E-state index contributed by atoms with van der Waals surface area (Å²) >= 11 is 0. The van der Waals surface area contributed by atoms with Gasteiger partial charge < -0.3 is 20.7 Å². The van der Waals surface area contributed by atoms with Crippen LogP contribution in [0.25, 0.3) is 11.3 Å². The summed E-state index contributed by atoms with van der Waals surface area (Å²) < 4.78 is 5.51. The third-order valence-corrected chi connectivity index (χ3v) is 5.00. The minimum atomic E-state index is -0.145. The molecule has 9 heteroatoms. The number of rotatable bonds is 10. The van der Waals surface area contributed by atoms with Gasteiger partial charge in [-0.1, -0.05) is 19.1 Å². The van der Waals surface area contributed by atoms with E-state index in [0.29, 0.717) is 24.4 Å². The number of methoxy groups -OCH3 is 1. The summed E-state index contributed by atoms with van der Waals surface area (Å²) in [6.07, 6.45) is 5.09. The van der Waals surface area contributed by atoms with E-state index in [-0.39, 0.29) is 25.3 Å². The van der Waals surface area contributed by atoms with Crippen LogP contribution in [0.5, 0.6) is 5.75 Å². The number of hydrogen-bond acceptors (Lipinski definition) is 7. The molecule has 0 saturated carbocycles. The zero-order valence-corrected chi connectivity index (χ0v) is 20.1. The Bertz CT molecular complexity index is 1070. The second-order valence-electron chi connectivity index (χ2n) is 7.21. The highest BCUT2D eigenvalue weighted by atomic mass is 32.1. The van der Waals surface area contributed by atoms with E-state index in [0.717, 1.165) is 28.5 Å². The van der Waals surface area contributed by atoms with Crippen LogP contribution in [-0.4, -0.2) is 48.1 Å². The number of aromatic nitrogens is 3. The SMILES string of the molecule is C=CCNc1ccc(-c2cc(NC[C@@H](C)c3ccc(C(=O)NC)cc3OC)ncn2)cn1.S. The molecule has 1 atom stereocenters. The fraction of sp³-hybridized carbons (Fsp3) is 0.250. The van der Waals surface area contributed by atoms with Gasteiger partial charge >= 0.3 is 0 Å². The van der Waals surface area contributed by atoms with Crippen LogP contribution in [0.4, 0.5) is 11.6 Å². The van der Waals surface area contributed by atoms with E-state index in [1.807, 2.05) is 24.3 Å². The number of benzene rings is 1. The molecule has 2 aromatic heterocycles. The van der Waals surface area contributed by atoms with Crippen LogP contribution in [0.3, 0.4) is 0 Å². The largest absolute Gasteiger partial charge is 0.496 e. The van der Waals surface area contributed by atoms with E-state index < -0.39 is 0 Å². The van der Waals surface area contributed by atoms with Gasteiger partial charge in [-0.2, -0.15) is 13.5 Å². The fourth-order valence-corrected chi connectivity index (χ4v) is 3.21. The van der Waals surface area contributed by atoms with Gasteiger partial charge in [0.25, 0.3) is 5.91 Å². The van der Waals surface area contributed by atoms with Gasteiger partial charge in [-0.25, -0.2) is 15.0 Å². The van der Waals surface area contributed by atoms with Gasteiger partial charge in [-0.15, -0.1) is 6.58 Å². The van der Waals surface area contributed by atoms with Crippen LogP contribution in [0.2, 0.25) is 0 Å². The van der Waals surface area contributed by atoms with Crippen LogP contribution in [-0.2, 0) is 0 Å². The van der Waals surface area contributed by atoms with E-state index in [2.05, 4.69) is 44.4 Å². The number of hydrogen-bond donors (Lipinski definition) is 3. The molecule has 0 radical (unpaired) electrons. The average Bonchev–Trinajstić information content (AvgIpc) is 2.85. The van der Waals surface area contributed by atoms with Gasteiger partial charge in [0, 0.05) is 49.4 Å². The highest BCUT2D eigenvalue weighted by Crippen LogP contribution is 2.28. The van der Waals surface area contributed by atoms with Crippen molar-refractivity contribution in [3.05, 3.63) is 72.7 Å². The van der Waals surface area contributed by atoms with Gasteiger partial charge in [0.05, 0.1) is 12.8 Å². The fourth-order valence-electron chi connectivity index (χ4n) is 3.21. The maximum absolute atomic E-state index is 11.9. The van der Waals surface area contributed by atoms with E-state index in [1.165, 1.54) is 6.33 Å². The summed E-state index contributed by atoms with van der Waals surface area (Å²) in [5.74, 6) is 2.16. The van der Waals surface area contributed by atoms with E-state index in [1.54, 1.807) is 38.6 Å². The zero-order valence-electron chi connectivity index (χ0n) is 19.1. The van der Waals surface area contributed by atoms with Crippen molar-refractivity contribution < 1.29 is 9.53 Å². The molecule has 1 amide bonds. The third-order valence-electron chi connectivity index (χ3n) is 5.00. The molecule has 3 aromatic rings. The van der Waals surface area contributed by atoms with Gasteiger partial charge in [-0.3, -0.25) is 4.79 Å². The van der Waals surface area contributed by atoms with Crippen LogP contribution in [0, 0.1) is 0 Å². The summed E-state index contributed by atoms with van der Waals surface area (Å²) in [6, 6.07) is 11.3. The van der Waals surface area contributed by atoms with E-state index in [4.69, 9.17) is 4.74 Å². The Labute approximate surface area is 201 Å². The topological polar surface area (TPSA) is 101 Å². The van der Waals surface area contributed by atoms with E-state index in [9.17, 15) is 4.79 Å². The van der Waals surface area contributed by atoms with Crippen molar-refractivity contribution >= 4 is 31.0 Å². The van der Waals surface area contributed by atoms with Crippen molar-refractivity contribution in [1.82, 2.24) is 20.3 Å². The highest BCUT2D eigenvalue weighted by molar-refractivity contribution is 7.59. The molecule has 3 rings (SSSR count). The number of ether oxygens (including phenoxy) is 1. The molecule has 33 heavy (non-hydrogen) atoms. The normalized spacial score (nSPS) is 11.0. The smallest absolute Gasteiger partial charge is 0.251 e. The molecule has 2 heterocycles. The number of carbonyl (C=O) groups is 1. The first-order valence-electron chi connectivity index (χ1n) is 10.3. The second-order valence-corrected chi connectivity index (χ2v) is 7.21. The molecule has 0 bridgehead atoms. The number of anilines is 2. The molecule has 0 aliphatic rings. The predicted octanol–water partition coefficient (Wildman–Crippen LogP) is 3.83. The van der Waals surface area contributed by atoms with Crippen LogP contribution < -0.4 is 20.7 Å². The lowest BCUT2D eigenvalue weighted by atomic mass is 9.98. The standard InChI is InChI=1S/C24H28N6O2.H2S/c1-5-10-26-22-9-7-18(14-28-22)20-12-23(30-15-29-20)27-13-16(2)19-8-6-17(24(31)25-3)11-21(19)32-4;/h5-9,11-12,14-16H,1,10,13H2,2-4H3,(H,25,31)(H,26,28)(H,27,29,30);1H2/t16-;/m1./s1. The molecule has 0 spiro atoms. The zero-order chi connectivity index (χ0) is 22.9. The van der Waals surface area contributed by atoms with Gasteiger partial charge in [0.2, 0.25) is 0 Å². The first kappa shape index (κ1) is 25.7. The molecule has 3 N–H and O–H groups in total. The Morgan fingerprint density at radius 1 is 1.12 bits per heavy atom. The maximum atomic E-state index is 11.9. The Morgan fingerprint density at radius 2 is 1.94 bits per heavy atom. The van der Waals surface area contributed by atoms with Crippen molar-refractivity contribution in [3.63, 3.8) is 0 Å². The molecule has 8 nitrogen and oxygen atoms in total. The third kappa shape index (κ3) is 6.69. The van der Waals surface area contributed by atoms with Crippen LogP contribution >= 0.6 is 13.5 Å². The molecule has 0 aliphatic carbocycles. The predicted molar refractivity (Wildman–Crippen MR) is 138 cm³/mol. The van der Waals surface area contributed by atoms with Crippen molar-refractivity contribution in [1.29, 1.82) is 0 Å². The maximum Gasteiger partial charge on any atom is 0.251 e. The summed E-state index contributed by atoms with van der Waals surface area (Å²) in [5.41, 5.74) is 3.26. The molecular weight excluding hydrogens is 436 g/mol. The monoisotopic (exact) mass is 466 g/mol. The van der Waals surface area contributed by atoms with Gasteiger partial charge in [0.1, 0.15) is 23.7 Å². The lowest BCUT2D eigenvalue weighted by molar-refractivity contribution is 0.0962. The first-order valence-corrected chi connectivity index (χ1v) is 10.3. The van der Waals surface area contributed by atoms with Gasteiger partial charge in [-0.05, 0) is 29.8 Å². The Hall–Kier alpha value is -3.59. The molecule has 0 fully saturated rings. The number of amides is 1. The lowest BCUT2D eigenvalue weighted by Gasteiger charge is -2.17. The molecule has 1 aromatic carbocycles. The molecular formula is C24H30N6O2S. The highest BCUT2D eigenvalue weighted by Gasteiger charge is 2.15. The van der Waals surface area contributed by atoms with E-state index >= 15 is 0 Å². The lowest BCUT2D eigenvalue weighted by Crippen LogP contribution is -2.18. The summed E-state index contributed by atoms with van der Waals surface area (Å²) in [5, 5.41) is 9.14. The van der Waals surface area contributed by atoms with Crippen LogP contribution in [0.1, 0.15) is 28.8 Å². The summed E-state index contributed by atoms with van der Waals surface area (Å²) in [6.45, 7) is 7.07. The van der Waals surface area contributed by atoms with Crippen molar-refractivity contribution in [2.75, 3.05) is 37.9 Å². The summed E-state index contributed by atoms with van der Waals surface area (Å²) in [7, 11) is 3.21. The number of nitrogens with one attached hydrogen (secondary N) is 3. The first-order chi connectivity index (χ1) is 15.5. The number of carbonyl (C=O) groups excluding carboxylic acids is 1. The molecule has 174 valence electrons. The Morgan fingerprint density at radius 3 is 2.61 bits per heavy atom. The minimum absolute atomic E-state index is 0. The molecule has 0 unspecified atom stereocenters. The Balaban J connectivity index is 0.00000385. The van der Waals surface area contributed by atoms with Gasteiger partial charge in [0.15, 0.2) is 0 Å². The van der Waals surface area contributed by atoms with Crippen molar-refractivity contribution in [3.8, 4) is 17.0 Å². The number of pyridine rings is 1. The molecule has 0 saturated heterocycles. The second kappa shape index (κ2) is 12.4. The number of nitrogens with zero attached hydrogens (tertiary/aromatic N) is 3. The van der Waals surface area contributed by atoms with Crippen molar-refractivity contribution in [2.45, 2.75) is 12.8 Å². The molecule has 0 aliphatic heterocycles. The quantitative estimate of drug-likeness (QED) is 0.390. The van der Waals surface area contributed by atoms with Crippen LogP contribution in [0.15, 0.2) is 61.6 Å². The minimum Gasteiger partial charge on any atom is -0.496 e. The summed E-state index contributed by atoms with van der Waals surface area (Å²) in [4.78, 5) is 25.0. The average molecular weight is 467 g/mol. The Kier molecular flexibility index (Phi) is 9.68.